The van der Waals surface area contributed by atoms with Gasteiger partial charge in [-0.1, -0.05) is 22.9 Å². The third-order valence-corrected chi connectivity index (χ3v) is 4.49. The first-order valence-electron chi connectivity index (χ1n) is 6.75. The van der Waals surface area contributed by atoms with Gasteiger partial charge in [-0.3, -0.25) is 4.79 Å². The molecule has 0 saturated carbocycles. The van der Waals surface area contributed by atoms with Crippen LogP contribution < -0.4 is 5.32 Å². The molecule has 1 aromatic rings. The highest BCUT2D eigenvalue weighted by atomic mass is 79.9. The van der Waals surface area contributed by atoms with Crippen LogP contribution >= 0.6 is 15.9 Å². The van der Waals surface area contributed by atoms with Crippen molar-refractivity contribution >= 4 is 21.7 Å². The maximum absolute atomic E-state index is 13.3. The van der Waals surface area contributed by atoms with Gasteiger partial charge in [-0.15, -0.1) is 0 Å². The number of rotatable bonds is 4. The van der Waals surface area contributed by atoms with Crippen LogP contribution in [0, 0.1) is 11.2 Å². The normalized spacial score (nSPS) is 23.3. The number of nitrogens with one attached hydrogen (secondary N) is 1. The van der Waals surface area contributed by atoms with E-state index in [9.17, 15) is 9.18 Å². The molecule has 2 nitrogen and oxygen atoms in total. The second kappa shape index (κ2) is 6.14. The molecule has 19 heavy (non-hydrogen) atoms. The van der Waals surface area contributed by atoms with E-state index in [1.54, 1.807) is 0 Å². The Kier molecular flexibility index (Phi) is 4.74. The number of ketones is 1. The fourth-order valence-electron chi connectivity index (χ4n) is 2.79. The third-order valence-electron chi connectivity index (χ3n) is 4.03. The number of carbonyl (C=O) groups is 1. The summed E-state index contributed by atoms with van der Waals surface area (Å²) in [6.45, 7) is 3.80. The van der Waals surface area contributed by atoms with Gasteiger partial charge < -0.3 is 5.32 Å². The van der Waals surface area contributed by atoms with E-state index >= 15 is 0 Å². The highest BCUT2D eigenvalue weighted by molar-refractivity contribution is 9.10. The standard InChI is InChI=1S/C15H19BrFNO/c1-2-15(4-3-5-18-10-15)14(19)8-11-6-12(16)9-13(17)7-11/h6-7,9,18H,2-5,8,10H2,1H3. The Bertz CT molecular complexity index is 449. The van der Waals surface area contributed by atoms with Gasteiger partial charge in [-0.25, -0.2) is 4.39 Å². The SMILES string of the molecule is CCC1(C(=O)Cc2cc(F)cc(Br)c2)CCCNC1. The number of benzene rings is 1. The van der Waals surface area contributed by atoms with Crippen molar-refractivity contribution in [2.24, 2.45) is 5.41 Å². The summed E-state index contributed by atoms with van der Waals surface area (Å²) < 4.78 is 14.0. The lowest BCUT2D eigenvalue weighted by molar-refractivity contribution is -0.129. The number of Topliss-reactive ketones (excluding diaryl/α,β-unsaturated/α-hetero) is 1. The van der Waals surface area contributed by atoms with E-state index in [-0.39, 0.29) is 17.0 Å². The monoisotopic (exact) mass is 327 g/mol. The molecule has 0 aliphatic carbocycles. The fourth-order valence-corrected chi connectivity index (χ4v) is 3.30. The van der Waals surface area contributed by atoms with E-state index in [1.807, 2.05) is 6.07 Å². The van der Waals surface area contributed by atoms with Gasteiger partial charge in [-0.05, 0) is 49.6 Å². The van der Waals surface area contributed by atoms with E-state index < -0.39 is 0 Å². The van der Waals surface area contributed by atoms with E-state index in [2.05, 4.69) is 28.2 Å². The summed E-state index contributed by atoms with van der Waals surface area (Å²) in [5, 5.41) is 3.31. The largest absolute Gasteiger partial charge is 0.316 e. The molecule has 0 radical (unpaired) electrons. The maximum atomic E-state index is 13.3. The molecule has 1 aliphatic heterocycles. The van der Waals surface area contributed by atoms with Crippen LogP contribution in [-0.2, 0) is 11.2 Å². The first-order chi connectivity index (χ1) is 9.05. The summed E-state index contributed by atoms with van der Waals surface area (Å²) in [7, 11) is 0. The van der Waals surface area contributed by atoms with Crippen molar-refractivity contribution in [3.63, 3.8) is 0 Å². The summed E-state index contributed by atoms with van der Waals surface area (Å²) in [4.78, 5) is 12.6. The highest BCUT2D eigenvalue weighted by Crippen LogP contribution is 2.32. The lowest BCUT2D eigenvalue weighted by Gasteiger charge is -2.35. The Morgan fingerprint density at radius 3 is 2.84 bits per heavy atom. The van der Waals surface area contributed by atoms with Gasteiger partial charge in [0.2, 0.25) is 0 Å². The first-order valence-corrected chi connectivity index (χ1v) is 7.54. The predicted octanol–water partition coefficient (Wildman–Crippen LogP) is 3.48. The zero-order chi connectivity index (χ0) is 13.9. The predicted molar refractivity (Wildman–Crippen MR) is 77.6 cm³/mol. The molecule has 1 N–H and O–H groups in total. The molecule has 1 aliphatic rings. The molecule has 0 aromatic heterocycles. The highest BCUT2D eigenvalue weighted by Gasteiger charge is 2.37. The van der Waals surface area contributed by atoms with Crippen LogP contribution in [-0.4, -0.2) is 18.9 Å². The summed E-state index contributed by atoms with van der Waals surface area (Å²) in [6, 6.07) is 4.68. The quantitative estimate of drug-likeness (QED) is 0.917. The Morgan fingerprint density at radius 1 is 1.47 bits per heavy atom. The van der Waals surface area contributed by atoms with Crippen LogP contribution in [0.15, 0.2) is 22.7 Å². The second-order valence-corrected chi connectivity index (χ2v) is 6.21. The number of carbonyl (C=O) groups excluding carboxylic acids is 1. The van der Waals surface area contributed by atoms with Gasteiger partial charge in [0.05, 0.1) is 0 Å². The molecule has 4 heteroatoms. The Labute approximate surface area is 121 Å². The average Bonchev–Trinajstić information content (AvgIpc) is 2.38. The Balaban J connectivity index is 2.14. The lowest BCUT2D eigenvalue weighted by Crippen LogP contribution is -2.45. The zero-order valence-corrected chi connectivity index (χ0v) is 12.7. The summed E-state index contributed by atoms with van der Waals surface area (Å²) >= 11 is 3.27. The van der Waals surface area contributed by atoms with Crippen LogP contribution in [0.4, 0.5) is 4.39 Å². The molecule has 1 aromatic carbocycles. The van der Waals surface area contributed by atoms with Crippen LogP contribution in [0.2, 0.25) is 0 Å². The fraction of sp³-hybridized carbons (Fsp3) is 0.533. The molecule has 0 spiro atoms. The number of piperidine rings is 1. The van der Waals surface area contributed by atoms with Crippen molar-refractivity contribution in [2.75, 3.05) is 13.1 Å². The zero-order valence-electron chi connectivity index (χ0n) is 11.1. The van der Waals surface area contributed by atoms with Gasteiger partial charge in [0.15, 0.2) is 0 Å². The Hall–Kier alpha value is -0.740. The molecule has 0 amide bonds. The molecule has 1 unspecified atom stereocenters. The minimum Gasteiger partial charge on any atom is -0.316 e. The molecule has 2 rings (SSSR count). The number of hydrogen-bond donors (Lipinski definition) is 1. The van der Waals surface area contributed by atoms with Gasteiger partial charge >= 0.3 is 0 Å². The maximum Gasteiger partial charge on any atom is 0.144 e. The molecule has 1 heterocycles. The van der Waals surface area contributed by atoms with Crippen molar-refractivity contribution in [2.45, 2.75) is 32.6 Å². The molecule has 1 saturated heterocycles. The molecule has 104 valence electrons. The average molecular weight is 328 g/mol. The minimum atomic E-state index is -0.301. The van der Waals surface area contributed by atoms with E-state index in [4.69, 9.17) is 0 Å². The number of halogens is 2. The van der Waals surface area contributed by atoms with Gasteiger partial charge in [0, 0.05) is 22.9 Å². The van der Waals surface area contributed by atoms with Gasteiger partial charge in [-0.2, -0.15) is 0 Å². The Morgan fingerprint density at radius 2 is 2.26 bits per heavy atom. The van der Waals surface area contributed by atoms with Gasteiger partial charge in [0.1, 0.15) is 11.6 Å². The molecular weight excluding hydrogens is 309 g/mol. The van der Waals surface area contributed by atoms with Crippen LogP contribution in [0.1, 0.15) is 31.7 Å². The van der Waals surface area contributed by atoms with Crippen molar-refractivity contribution in [3.8, 4) is 0 Å². The lowest BCUT2D eigenvalue weighted by atomic mass is 9.73. The van der Waals surface area contributed by atoms with Crippen molar-refractivity contribution in [1.29, 1.82) is 0 Å². The third kappa shape index (κ3) is 3.42. The molecule has 1 fully saturated rings. The van der Waals surface area contributed by atoms with Crippen molar-refractivity contribution in [1.82, 2.24) is 5.32 Å². The van der Waals surface area contributed by atoms with Crippen LogP contribution in [0.3, 0.4) is 0 Å². The van der Waals surface area contributed by atoms with E-state index in [0.29, 0.717) is 10.9 Å². The minimum absolute atomic E-state index is 0.222. The van der Waals surface area contributed by atoms with Crippen molar-refractivity contribution < 1.29 is 9.18 Å². The molecule has 1 atom stereocenters. The van der Waals surface area contributed by atoms with Gasteiger partial charge in [0.25, 0.3) is 0 Å². The molecular formula is C15H19BrFNO. The van der Waals surface area contributed by atoms with Crippen LogP contribution in [0.5, 0.6) is 0 Å². The van der Waals surface area contributed by atoms with E-state index in [0.717, 1.165) is 37.9 Å². The number of hydrogen-bond acceptors (Lipinski definition) is 2. The summed E-state index contributed by atoms with van der Waals surface area (Å²) in [5.74, 6) is -0.0795. The topological polar surface area (TPSA) is 29.1 Å². The van der Waals surface area contributed by atoms with E-state index in [1.165, 1.54) is 12.1 Å². The summed E-state index contributed by atoms with van der Waals surface area (Å²) in [5.41, 5.74) is 0.479. The molecule has 0 bridgehead atoms. The second-order valence-electron chi connectivity index (χ2n) is 5.29. The smallest absolute Gasteiger partial charge is 0.144 e. The van der Waals surface area contributed by atoms with Crippen LogP contribution in [0.25, 0.3) is 0 Å². The first kappa shape index (κ1) is 14.7. The van der Waals surface area contributed by atoms with Crippen molar-refractivity contribution in [3.05, 3.63) is 34.1 Å². The summed E-state index contributed by atoms with van der Waals surface area (Å²) in [6.07, 6.45) is 3.12.